The lowest BCUT2D eigenvalue weighted by molar-refractivity contribution is -0.855. The van der Waals surface area contributed by atoms with Gasteiger partial charge >= 0.3 is 12.8 Å². The summed E-state index contributed by atoms with van der Waals surface area (Å²) in [6.45, 7) is -4.97. The van der Waals surface area contributed by atoms with Crippen molar-refractivity contribution in [2.24, 2.45) is 0 Å². The molecule has 0 bridgehead atoms. The first kappa shape index (κ1) is 14.5. The van der Waals surface area contributed by atoms with E-state index in [2.05, 4.69) is 4.52 Å². The van der Waals surface area contributed by atoms with Crippen molar-refractivity contribution >= 4 is 18.2 Å². The Hall–Kier alpha value is -1.54. The fraction of sp³-hybridized carbons (Fsp3) is 0.143. The van der Waals surface area contributed by atoms with Gasteiger partial charge in [0.25, 0.3) is 0 Å². The first-order valence-corrected chi connectivity index (χ1v) is 6.76. The molecule has 98 valence electrons. The Balaban J connectivity index is 3.46. The quantitative estimate of drug-likeness (QED) is 0.378. The van der Waals surface area contributed by atoms with Crippen molar-refractivity contribution in [1.82, 2.24) is 0 Å². The standard InChI is InChI=1S/C7H6ClN2O7P/c8-18(15,16)17-7(9(11)12,10(13)14)6-4-2-1-3-5-6/h1-5H,(H,15,16). The highest BCUT2D eigenvalue weighted by molar-refractivity contribution is 7.80. The van der Waals surface area contributed by atoms with Crippen LogP contribution in [0.5, 0.6) is 0 Å². The fourth-order valence-corrected chi connectivity index (χ4v) is 2.05. The van der Waals surface area contributed by atoms with Gasteiger partial charge in [-0.1, -0.05) is 18.2 Å². The molecule has 0 fully saturated rings. The molecule has 1 N–H and O–H groups in total. The van der Waals surface area contributed by atoms with Gasteiger partial charge in [-0.2, -0.15) is 4.52 Å². The minimum absolute atomic E-state index is 0.532. The van der Waals surface area contributed by atoms with Crippen molar-refractivity contribution in [3.63, 3.8) is 0 Å². The minimum atomic E-state index is -4.97. The molecule has 0 heterocycles. The SMILES string of the molecule is O=[N+]([O-])C(OP(=O)(O)Cl)(c1ccccc1)[N+](=O)[O-]. The van der Waals surface area contributed by atoms with Crippen LogP contribution in [0.1, 0.15) is 5.56 Å². The maximum Gasteiger partial charge on any atom is 0.614 e. The number of nitrogens with zero attached hydrogens (tertiary/aromatic N) is 2. The van der Waals surface area contributed by atoms with Crippen LogP contribution in [0.3, 0.4) is 0 Å². The van der Waals surface area contributed by atoms with Crippen LogP contribution >= 0.6 is 18.2 Å². The van der Waals surface area contributed by atoms with E-state index in [1.807, 2.05) is 0 Å². The highest BCUT2D eigenvalue weighted by atomic mass is 35.7. The van der Waals surface area contributed by atoms with Gasteiger partial charge in [0.15, 0.2) is 0 Å². The molecule has 0 saturated carbocycles. The predicted molar refractivity (Wildman–Crippen MR) is 58.9 cm³/mol. The van der Waals surface area contributed by atoms with Crippen LogP contribution in [0.25, 0.3) is 0 Å². The number of rotatable bonds is 5. The molecule has 1 rings (SSSR count). The summed E-state index contributed by atoms with van der Waals surface area (Å²) >= 11 is 4.84. The van der Waals surface area contributed by atoms with E-state index in [1.165, 1.54) is 18.2 Å². The Morgan fingerprint density at radius 3 is 2.00 bits per heavy atom. The lowest BCUT2D eigenvalue weighted by Gasteiger charge is -2.16. The van der Waals surface area contributed by atoms with Crippen LogP contribution in [0, 0.1) is 20.2 Å². The van der Waals surface area contributed by atoms with Crippen molar-refractivity contribution in [3.05, 3.63) is 56.1 Å². The van der Waals surface area contributed by atoms with Crippen LogP contribution in [0.2, 0.25) is 0 Å². The summed E-state index contributed by atoms with van der Waals surface area (Å²) in [6.07, 6.45) is 0. The van der Waals surface area contributed by atoms with Crippen molar-refractivity contribution in [1.29, 1.82) is 0 Å². The van der Waals surface area contributed by atoms with Crippen LogP contribution in [-0.2, 0) is 14.9 Å². The summed E-state index contributed by atoms with van der Waals surface area (Å²) in [5, 5.41) is 21.8. The molecule has 11 heteroatoms. The molecule has 18 heavy (non-hydrogen) atoms. The summed E-state index contributed by atoms with van der Waals surface area (Å²) in [5.74, 6) is -3.42. The molecule has 1 aromatic carbocycles. The summed E-state index contributed by atoms with van der Waals surface area (Å²) < 4.78 is 14.9. The third kappa shape index (κ3) is 2.82. The average Bonchev–Trinajstić information content (AvgIpc) is 2.25. The monoisotopic (exact) mass is 296 g/mol. The molecule has 0 aliphatic rings. The second kappa shape index (κ2) is 4.99. The first-order chi connectivity index (χ1) is 8.20. The maximum absolute atomic E-state index is 10.9. The van der Waals surface area contributed by atoms with E-state index in [0.717, 1.165) is 12.1 Å². The molecule has 0 aliphatic heterocycles. The number of benzene rings is 1. The minimum Gasteiger partial charge on any atom is -0.312 e. The van der Waals surface area contributed by atoms with Crippen LogP contribution in [-0.4, -0.2) is 14.7 Å². The van der Waals surface area contributed by atoms with Gasteiger partial charge in [0.2, 0.25) is 0 Å². The highest BCUT2D eigenvalue weighted by Crippen LogP contribution is 2.53. The van der Waals surface area contributed by atoms with E-state index in [-0.39, 0.29) is 0 Å². The highest BCUT2D eigenvalue weighted by Gasteiger charge is 2.64. The summed E-state index contributed by atoms with van der Waals surface area (Å²) in [7, 11) is 0. The Bertz CT molecular complexity index is 502. The van der Waals surface area contributed by atoms with Gasteiger partial charge in [-0.25, -0.2) is 4.57 Å². The van der Waals surface area contributed by atoms with Crippen LogP contribution in [0.15, 0.2) is 30.3 Å². The molecular weight excluding hydrogens is 291 g/mol. The van der Waals surface area contributed by atoms with Gasteiger partial charge < -0.3 is 4.89 Å². The van der Waals surface area contributed by atoms with E-state index in [4.69, 9.17) is 16.1 Å². The normalized spacial score (nSPS) is 14.8. The average molecular weight is 297 g/mol. The summed E-state index contributed by atoms with van der Waals surface area (Å²) in [5.41, 5.74) is -0.532. The van der Waals surface area contributed by atoms with Gasteiger partial charge in [0.05, 0.1) is 0 Å². The molecular formula is C7H6ClN2O7P. The van der Waals surface area contributed by atoms with Gasteiger partial charge in [-0.3, -0.25) is 20.2 Å². The molecule has 9 nitrogen and oxygen atoms in total. The fourth-order valence-electron chi connectivity index (χ4n) is 1.21. The molecule has 0 spiro atoms. The second-order valence-corrected chi connectivity index (χ2v) is 5.40. The van der Waals surface area contributed by atoms with Crippen molar-refractivity contribution in [2.45, 2.75) is 5.85 Å². The molecule has 0 aliphatic carbocycles. The Morgan fingerprint density at radius 2 is 1.67 bits per heavy atom. The number of hydrogen-bond donors (Lipinski definition) is 1. The molecule has 0 radical (unpaired) electrons. The van der Waals surface area contributed by atoms with Gasteiger partial charge in [0, 0.05) is 11.2 Å². The van der Waals surface area contributed by atoms with E-state index in [9.17, 15) is 24.8 Å². The number of nitro groups is 2. The third-order valence-electron chi connectivity index (χ3n) is 1.88. The predicted octanol–water partition coefficient (Wildman–Crippen LogP) is 1.71. The van der Waals surface area contributed by atoms with E-state index < -0.39 is 28.2 Å². The zero-order valence-corrected chi connectivity index (χ0v) is 10.2. The zero-order valence-electron chi connectivity index (χ0n) is 8.50. The summed E-state index contributed by atoms with van der Waals surface area (Å²) in [4.78, 5) is 27.7. The largest absolute Gasteiger partial charge is 0.614 e. The maximum atomic E-state index is 10.9. The Kier molecular flexibility index (Phi) is 4.02. The third-order valence-corrected chi connectivity index (χ3v) is 2.57. The lowest BCUT2D eigenvalue weighted by atomic mass is 10.1. The number of halogens is 1. The van der Waals surface area contributed by atoms with E-state index in [1.54, 1.807) is 0 Å². The second-order valence-electron chi connectivity index (χ2n) is 3.03. The number of hydrogen-bond acceptors (Lipinski definition) is 6. The molecule has 0 amide bonds. The smallest absolute Gasteiger partial charge is 0.312 e. The molecule has 1 aromatic rings. The van der Waals surface area contributed by atoms with Gasteiger partial charge in [-0.15, -0.1) is 0 Å². The van der Waals surface area contributed by atoms with Crippen LogP contribution < -0.4 is 0 Å². The Morgan fingerprint density at radius 1 is 1.22 bits per heavy atom. The topological polar surface area (TPSA) is 133 Å². The first-order valence-electron chi connectivity index (χ1n) is 4.28. The van der Waals surface area contributed by atoms with E-state index in [0.29, 0.717) is 0 Å². The van der Waals surface area contributed by atoms with Crippen molar-refractivity contribution in [2.75, 3.05) is 0 Å². The van der Waals surface area contributed by atoms with Crippen molar-refractivity contribution in [3.8, 4) is 0 Å². The molecule has 0 saturated heterocycles. The van der Waals surface area contributed by atoms with Crippen molar-refractivity contribution < 1.29 is 23.8 Å². The van der Waals surface area contributed by atoms with E-state index >= 15 is 0 Å². The van der Waals surface area contributed by atoms with Gasteiger partial charge in [-0.05, 0) is 12.1 Å². The Labute approximate surface area is 105 Å². The molecule has 1 atom stereocenters. The summed E-state index contributed by atoms with van der Waals surface area (Å²) in [6, 6.07) is 6.03. The molecule has 0 aromatic heterocycles. The van der Waals surface area contributed by atoms with Gasteiger partial charge in [0.1, 0.15) is 15.4 Å². The molecule has 1 unspecified atom stereocenters. The lowest BCUT2D eigenvalue weighted by Crippen LogP contribution is -2.44. The zero-order chi connectivity index (χ0) is 14.0. The van der Waals surface area contributed by atoms with Crippen LogP contribution in [0.4, 0.5) is 0 Å².